The van der Waals surface area contributed by atoms with Crippen molar-refractivity contribution in [2.75, 3.05) is 0 Å². The maximum atomic E-state index is 5.26. The van der Waals surface area contributed by atoms with E-state index < -0.39 is 0 Å². The molecule has 0 spiro atoms. The first-order valence-corrected chi connectivity index (χ1v) is 18.5. The van der Waals surface area contributed by atoms with Crippen LogP contribution in [0.25, 0.3) is 95.0 Å². The Labute approximate surface area is 319 Å². The summed E-state index contributed by atoms with van der Waals surface area (Å²) < 4.78 is 2.35. The van der Waals surface area contributed by atoms with E-state index in [1.807, 2.05) is 36.4 Å². The Balaban J connectivity index is 1.27. The molecule has 10 rings (SSSR count). The first-order chi connectivity index (χ1) is 27.3. The molecule has 0 bridgehead atoms. The van der Waals surface area contributed by atoms with E-state index in [9.17, 15) is 0 Å². The van der Waals surface area contributed by atoms with Crippen LogP contribution in [0.1, 0.15) is 0 Å². The molecule has 0 aliphatic carbocycles. The lowest BCUT2D eigenvalue weighted by molar-refractivity contribution is 1.06. The van der Waals surface area contributed by atoms with Crippen LogP contribution in [0.15, 0.2) is 206 Å². The van der Waals surface area contributed by atoms with Crippen LogP contribution in [0, 0.1) is 0 Å². The monoisotopic (exact) mass is 702 g/mol. The van der Waals surface area contributed by atoms with E-state index in [0.29, 0.717) is 17.5 Å². The predicted octanol–water partition coefficient (Wildman–Crippen LogP) is 13.0. The molecule has 2 heterocycles. The Morgan fingerprint density at radius 2 is 0.655 bits per heavy atom. The van der Waals surface area contributed by atoms with Crippen molar-refractivity contribution in [1.29, 1.82) is 0 Å². The van der Waals surface area contributed by atoms with E-state index in [0.717, 1.165) is 55.7 Å². The van der Waals surface area contributed by atoms with Gasteiger partial charge in [-0.25, -0.2) is 15.0 Å². The van der Waals surface area contributed by atoms with Crippen molar-refractivity contribution < 1.29 is 0 Å². The van der Waals surface area contributed by atoms with Gasteiger partial charge in [-0.3, -0.25) is 0 Å². The first kappa shape index (κ1) is 32.2. The quantitative estimate of drug-likeness (QED) is 0.166. The van der Waals surface area contributed by atoms with Gasteiger partial charge in [-0.05, 0) is 75.8 Å². The molecular weight excluding hydrogens is 669 g/mol. The molecule has 0 atom stereocenters. The van der Waals surface area contributed by atoms with Crippen molar-refractivity contribution in [3.05, 3.63) is 206 Å². The maximum Gasteiger partial charge on any atom is 0.166 e. The van der Waals surface area contributed by atoms with Crippen LogP contribution >= 0.6 is 0 Å². The summed E-state index contributed by atoms with van der Waals surface area (Å²) in [5, 5.41) is 2.39. The van der Waals surface area contributed by atoms with E-state index in [4.69, 9.17) is 15.0 Å². The fourth-order valence-electron chi connectivity index (χ4n) is 7.59. The van der Waals surface area contributed by atoms with Gasteiger partial charge in [-0.1, -0.05) is 164 Å². The second-order valence-electron chi connectivity index (χ2n) is 13.7. The number of para-hydroxylation sites is 2. The normalized spacial score (nSPS) is 11.3. The van der Waals surface area contributed by atoms with E-state index in [2.05, 4.69) is 174 Å². The average molecular weight is 703 g/mol. The molecule has 0 saturated carbocycles. The largest absolute Gasteiger partial charge is 0.309 e. The van der Waals surface area contributed by atoms with E-state index in [-0.39, 0.29) is 0 Å². The fourth-order valence-corrected chi connectivity index (χ4v) is 7.59. The summed E-state index contributed by atoms with van der Waals surface area (Å²) in [4.78, 5) is 15.6. The fraction of sp³-hybridized carbons (Fsp3) is 0. The topological polar surface area (TPSA) is 43.6 Å². The van der Waals surface area contributed by atoms with Crippen molar-refractivity contribution in [3.8, 4) is 73.2 Å². The Morgan fingerprint density at radius 3 is 1.13 bits per heavy atom. The summed E-state index contributed by atoms with van der Waals surface area (Å²) in [6, 6.07) is 72.3. The van der Waals surface area contributed by atoms with Gasteiger partial charge < -0.3 is 4.57 Å². The summed E-state index contributed by atoms with van der Waals surface area (Å²) in [7, 11) is 0. The third kappa shape index (κ3) is 6.06. The van der Waals surface area contributed by atoms with Crippen LogP contribution in [-0.4, -0.2) is 19.5 Å². The highest BCUT2D eigenvalue weighted by molar-refractivity contribution is 6.09. The molecule has 0 radical (unpaired) electrons. The van der Waals surface area contributed by atoms with Gasteiger partial charge in [0.2, 0.25) is 0 Å². The second-order valence-corrected chi connectivity index (χ2v) is 13.7. The number of rotatable bonds is 7. The molecule has 0 unspecified atom stereocenters. The predicted molar refractivity (Wildman–Crippen MR) is 227 cm³/mol. The summed E-state index contributed by atoms with van der Waals surface area (Å²) in [6.07, 6.45) is 0. The molecule has 4 nitrogen and oxygen atoms in total. The van der Waals surface area contributed by atoms with Gasteiger partial charge in [0.15, 0.2) is 17.5 Å². The molecule has 10 aromatic rings. The zero-order chi connectivity index (χ0) is 36.6. The standard InChI is InChI=1S/C51H34N4/c1-5-17-35(18-6-1)40-31-41(36-19-7-2-8-20-36)33-42(32-40)39-29-30-48(55-46-27-15-13-25-43(46)44-26-14-16-28-47(44)55)45(34-39)51-53-49(37-21-9-3-10-22-37)52-50(54-51)38-23-11-4-12-24-38/h1-34H. The molecule has 55 heavy (non-hydrogen) atoms. The van der Waals surface area contributed by atoms with Crippen molar-refractivity contribution in [1.82, 2.24) is 19.5 Å². The second kappa shape index (κ2) is 13.8. The SMILES string of the molecule is c1ccc(-c2cc(-c3ccccc3)cc(-c3ccc(-n4c5ccccc5c5ccccc54)c(-c4nc(-c5ccccc5)nc(-c5ccccc5)n4)c3)c2)cc1. The molecule has 258 valence electrons. The highest BCUT2D eigenvalue weighted by atomic mass is 15.1. The molecule has 4 heteroatoms. The molecule has 0 aliphatic rings. The van der Waals surface area contributed by atoms with Crippen LogP contribution in [0.4, 0.5) is 0 Å². The van der Waals surface area contributed by atoms with E-state index in [1.54, 1.807) is 0 Å². The van der Waals surface area contributed by atoms with Gasteiger partial charge in [0.1, 0.15) is 0 Å². The number of hydrogen-bond donors (Lipinski definition) is 0. The molecular formula is C51H34N4. The van der Waals surface area contributed by atoms with Crippen LogP contribution in [0.5, 0.6) is 0 Å². The molecule has 8 aromatic carbocycles. The summed E-state index contributed by atoms with van der Waals surface area (Å²) in [6.45, 7) is 0. The smallest absolute Gasteiger partial charge is 0.166 e. The van der Waals surface area contributed by atoms with Crippen LogP contribution in [-0.2, 0) is 0 Å². The Morgan fingerprint density at radius 1 is 0.273 bits per heavy atom. The van der Waals surface area contributed by atoms with Crippen molar-refractivity contribution in [3.63, 3.8) is 0 Å². The number of nitrogens with zero attached hydrogens (tertiary/aromatic N) is 4. The highest BCUT2D eigenvalue weighted by Crippen LogP contribution is 2.40. The van der Waals surface area contributed by atoms with E-state index >= 15 is 0 Å². The minimum Gasteiger partial charge on any atom is -0.309 e. The minimum absolute atomic E-state index is 0.605. The first-order valence-electron chi connectivity index (χ1n) is 18.5. The van der Waals surface area contributed by atoms with Crippen molar-refractivity contribution >= 4 is 21.8 Å². The average Bonchev–Trinajstić information content (AvgIpc) is 3.61. The highest BCUT2D eigenvalue weighted by Gasteiger charge is 2.20. The van der Waals surface area contributed by atoms with Gasteiger partial charge in [0.25, 0.3) is 0 Å². The lowest BCUT2D eigenvalue weighted by Gasteiger charge is -2.17. The molecule has 2 aromatic heterocycles. The number of benzene rings is 8. The molecule has 0 aliphatic heterocycles. The maximum absolute atomic E-state index is 5.26. The van der Waals surface area contributed by atoms with Gasteiger partial charge >= 0.3 is 0 Å². The van der Waals surface area contributed by atoms with Crippen molar-refractivity contribution in [2.24, 2.45) is 0 Å². The summed E-state index contributed by atoms with van der Waals surface area (Å²) >= 11 is 0. The number of fused-ring (bicyclic) bond motifs is 3. The molecule has 0 fully saturated rings. The van der Waals surface area contributed by atoms with Gasteiger partial charge in [0.05, 0.1) is 16.7 Å². The zero-order valence-electron chi connectivity index (χ0n) is 29.9. The van der Waals surface area contributed by atoms with Crippen molar-refractivity contribution in [2.45, 2.75) is 0 Å². The Kier molecular flexibility index (Phi) is 8.12. The van der Waals surface area contributed by atoms with Crippen LogP contribution in [0.3, 0.4) is 0 Å². The van der Waals surface area contributed by atoms with E-state index in [1.165, 1.54) is 21.9 Å². The Hall–Kier alpha value is -7.43. The summed E-state index contributed by atoms with van der Waals surface area (Å²) in [5.74, 6) is 1.86. The zero-order valence-corrected chi connectivity index (χ0v) is 29.9. The van der Waals surface area contributed by atoms with Gasteiger partial charge in [0, 0.05) is 27.5 Å². The molecule has 0 N–H and O–H groups in total. The van der Waals surface area contributed by atoms with Crippen LogP contribution in [0.2, 0.25) is 0 Å². The number of aromatic nitrogens is 4. The van der Waals surface area contributed by atoms with Gasteiger partial charge in [-0.2, -0.15) is 0 Å². The van der Waals surface area contributed by atoms with Gasteiger partial charge in [-0.15, -0.1) is 0 Å². The summed E-state index contributed by atoms with van der Waals surface area (Å²) in [5.41, 5.74) is 12.8. The lowest BCUT2D eigenvalue weighted by atomic mass is 9.92. The molecule has 0 amide bonds. The van der Waals surface area contributed by atoms with Crippen LogP contribution < -0.4 is 0 Å². The minimum atomic E-state index is 0.605. The molecule has 0 saturated heterocycles. The number of hydrogen-bond acceptors (Lipinski definition) is 3. The third-order valence-corrected chi connectivity index (χ3v) is 10.2. The third-order valence-electron chi connectivity index (χ3n) is 10.2. The lowest BCUT2D eigenvalue weighted by Crippen LogP contribution is -2.04. The Bertz CT molecular complexity index is 2790.